The van der Waals surface area contributed by atoms with Gasteiger partial charge in [-0.15, -0.1) is 11.3 Å². The Hall–Kier alpha value is -1.24. The maximum atomic E-state index is 12.1. The Morgan fingerprint density at radius 1 is 1.26 bits per heavy atom. The molecule has 0 aliphatic heterocycles. The third kappa shape index (κ3) is 3.62. The molecule has 19 heavy (non-hydrogen) atoms. The molecule has 2 rings (SSSR count). The van der Waals surface area contributed by atoms with Crippen molar-refractivity contribution in [3.8, 4) is 0 Å². The summed E-state index contributed by atoms with van der Waals surface area (Å²) >= 11 is 1.49. The number of nitrogens with one attached hydrogen (secondary N) is 1. The molecule has 0 saturated carbocycles. The number of hydrogen-bond acceptors (Lipinski definition) is 4. The molecule has 0 amide bonds. The molecule has 102 valence electrons. The Bertz CT molecular complexity index is 646. The van der Waals surface area contributed by atoms with E-state index in [0.717, 1.165) is 21.9 Å². The van der Waals surface area contributed by atoms with Crippen molar-refractivity contribution < 1.29 is 8.42 Å². The van der Waals surface area contributed by atoms with Gasteiger partial charge in [-0.3, -0.25) is 0 Å². The SMILES string of the molecule is CCc1ccc(S(=O)(=O)NCc2ncc(C)s2)cc1. The van der Waals surface area contributed by atoms with Gasteiger partial charge in [0.15, 0.2) is 0 Å². The molecule has 1 N–H and O–H groups in total. The largest absolute Gasteiger partial charge is 0.248 e. The Morgan fingerprint density at radius 3 is 2.47 bits per heavy atom. The van der Waals surface area contributed by atoms with Gasteiger partial charge in [0.05, 0.1) is 11.4 Å². The Morgan fingerprint density at radius 2 is 1.95 bits per heavy atom. The van der Waals surface area contributed by atoms with E-state index in [4.69, 9.17) is 0 Å². The fourth-order valence-corrected chi connectivity index (χ4v) is 3.43. The highest BCUT2D eigenvalue weighted by Gasteiger charge is 2.14. The first-order valence-corrected chi connectivity index (χ1v) is 8.31. The molecule has 1 aromatic carbocycles. The van der Waals surface area contributed by atoms with Crippen molar-refractivity contribution in [2.45, 2.75) is 31.7 Å². The van der Waals surface area contributed by atoms with Crippen molar-refractivity contribution in [3.05, 3.63) is 45.9 Å². The van der Waals surface area contributed by atoms with Gasteiger partial charge in [-0.1, -0.05) is 19.1 Å². The molecule has 0 atom stereocenters. The second-order valence-electron chi connectivity index (χ2n) is 4.19. The highest BCUT2D eigenvalue weighted by atomic mass is 32.2. The highest BCUT2D eigenvalue weighted by molar-refractivity contribution is 7.89. The zero-order chi connectivity index (χ0) is 13.9. The van der Waals surface area contributed by atoms with Gasteiger partial charge in [0.25, 0.3) is 0 Å². The van der Waals surface area contributed by atoms with Crippen molar-refractivity contribution in [3.63, 3.8) is 0 Å². The van der Waals surface area contributed by atoms with Gasteiger partial charge in [0.1, 0.15) is 5.01 Å². The highest BCUT2D eigenvalue weighted by Crippen LogP contribution is 2.14. The Kier molecular flexibility index (Phi) is 4.34. The van der Waals surface area contributed by atoms with Crippen LogP contribution >= 0.6 is 11.3 Å². The Balaban J connectivity index is 2.09. The van der Waals surface area contributed by atoms with Crippen LogP contribution in [0.2, 0.25) is 0 Å². The lowest BCUT2D eigenvalue weighted by molar-refractivity contribution is 0.581. The van der Waals surface area contributed by atoms with Crippen LogP contribution in [0.1, 0.15) is 22.4 Å². The lowest BCUT2D eigenvalue weighted by Gasteiger charge is -2.06. The predicted molar refractivity (Wildman–Crippen MR) is 76.7 cm³/mol. The lowest BCUT2D eigenvalue weighted by Crippen LogP contribution is -2.23. The van der Waals surface area contributed by atoms with E-state index >= 15 is 0 Å². The van der Waals surface area contributed by atoms with Gasteiger partial charge in [-0.2, -0.15) is 0 Å². The van der Waals surface area contributed by atoms with Gasteiger partial charge < -0.3 is 0 Å². The van der Waals surface area contributed by atoms with Crippen molar-refractivity contribution >= 4 is 21.4 Å². The van der Waals surface area contributed by atoms with Gasteiger partial charge >= 0.3 is 0 Å². The molecule has 4 nitrogen and oxygen atoms in total. The van der Waals surface area contributed by atoms with E-state index in [9.17, 15) is 8.42 Å². The molecular weight excluding hydrogens is 280 g/mol. The minimum atomic E-state index is -3.46. The second kappa shape index (κ2) is 5.81. The first-order valence-electron chi connectivity index (χ1n) is 6.01. The minimum absolute atomic E-state index is 0.233. The third-order valence-corrected chi connectivity index (χ3v) is 5.05. The standard InChI is InChI=1S/C13H16N2O2S2/c1-3-11-4-6-12(7-5-11)19(16,17)15-9-13-14-8-10(2)18-13/h4-8,15H,3,9H2,1-2H3. The summed E-state index contributed by atoms with van der Waals surface area (Å²) in [6.07, 6.45) is 2.64. The number of thiazole rings is 1. The van der Waals surface area contributed by atoms with Crippen LogP contribution in [0.25, 0.3) is 0 Å². The number of aromatic nitrogens is 1. The van der Waals surface area contributed by atoms with E-state index in [1.807, 2.05) is 26.0 Å². The summed E-state index contributed by atoms with van der Waals surface area (Å²) in [4.78, 5) is 5.49. The molecule has 0 unspecified atom stereocenters. The minimum Gasteiger partial charge on any atom is -0.248 e. The molecule has 6 heteroatoms. The summed E-state index contributed by atoms with van der Waals surface area (Å²) in [6.45, 7) is 4.21. The van der Waals surface area contributed by atoms with E-state index in [0.29, 0.717) is 0 Å². The summed E-state index contributed by atoms with van der Waals surface area (Å²) in [5, 5.41) is 0.770. The molecule has 0 spiro atoms. The van der Waals surface area contributed by atoms with Crippen LogP contribution in [-0.2, 0) is 23.0 Å². The maximum Gasteiger partial charge on any atom is 0.240 e. The van der Waals surface area contributed by atoms with Crippen molar-refractivity contribution in [1.82, 2.24) is 9.71 Å². The number of aryl methyl sites for hydroxylation is 2. The number of rotatable bonds is 5. The average Bonchev–Trinajstić information content (AvgIpc) is 2.82. The van der Waals surface area contributed by atoms with Crippen LogP contribution < -0.4 is 4.72 Å². The maximum absolute atomic E-state index is 12.1. The second-order valence-corrected chi connectivity index (χ2v) is 7.27. The fraction of sp³-hybridized carbons (Fsp3) is 0.308. The van der Waals surface area contributed by atoms with E-state index in [-0.39, 0.29) is 11.4 Å². The van der Waals surface area contributed by atoms with E-state index in [1.54, 1.807) is 18.3 Å². The summed E-state index contributed by atoms with van der Waals surface area (Å²) in [5.74, 6) is 0. The normalized spacial score (nSPS) is 11.7. The van der Waals surface area contributed by atoms with Crippen LogP contribution in [0.3, 0.4) is 0 Å². The van der Waals surface area contributed by atoms with E-state index in [1.165, 1.54) is 11.3 Å². The first kappa shape index (κ1) is 14.2. The smallest absolute Gasteiger partial charge is 0.240 e. The molecule has 1 heterocycles. The summed E-state index contributed by atoms with van der Waals surface area (Å²) in [5.41, 5.74) is 1.12. The van der Waals surface area contributed by atoms with Gasteiger partial charge in [-0.05, 0) is 31.0 Å². The molecule has 0 saturated heterocycles. The monoisotopic (exact) mass is 296 g/mol. The lowest BCUT2D eigenvalue weighted by atomic mass is 10.2. The predicted octanol–water partition coefficient (Wildman–Crippen LogP) is 2.49. The summed E-state index contributed by atoms with van der Waals surface area (Å²) in [7, 11) is -3.46. The summed E-state index contributed by atoms with van der Waals surface area (Å²) < 4.78 is 26.7. The Labute approximate surface area is 117 Å². The van der Waals surface area contributed by atoms with Gasteiger partial charge in [-0.25, -0.2) is 18.1 Å². The topological polar surface area (TPSA) is 59.1 Å². The molecular formula is C13H16N2O2S2. The fourth-order valence-electron chi connectivity index (χ4n) is 1.63. The third-order valence-electron chi connectivity index (χ3n) is 2.72. The quantitative estimate of drug-likeness (QED) is 0.922. The molecule has 2 aromatic rings. The number of sulfonamides is 1. The van der Waals surface area contributed by atoms with Crippen molar-refractivity contribution in [1.29, 1.82) is 0 Å². The molecule has 0 aliphatic carbocycles. The number of hydrogen-bond donors (Lipinski definition) is 1. The van der Waals surface area contributed by atoms with Crippen LogP contribution in [0, 0.1) is 6.92 Å². The molecule has 0 fully saturated rings. The first-order chi connectivity index (χ1) is 9.01. The average molecular weight is 296 g/mol. The zero-order valence-electron chi connectivity index (χ0n) is 10.9. The van der Waals surface area contributed by atoms with Crippen LogP contribution in [0.15, 0.2) is 35.4 Å². The number of benzene rings is 1. The van der Waals surface area contributed by atoms with Crippen molar-refractivity contribution in [2.75, 3.05) is 0 Å². The van der Waals surface area contributed by atoms with Gasteiger partial charge in [0, 0.05) is 11.1 Å². The van der Waals surface area contributed by atoms with Gasteiger partial charge in [0.2, 0.25) is 10.0 Å². The van der Waals surface area contributed by atoms with Crippen LogP contribution in [0.5, 0.6) is 0 Å². The van der Waals surface area contributed by atoms with Crippen LogP contribution in [0.4, 0.5) is 0 Å². The molecule has 0 bridgehead atoms. The van der Waals surface area contributed by atoms with Crippen molar-refractivity contribution in [2.24, 2.45) is 0 Å². The van der Waals surface area contributed by atoms with E-state index < -0.39 is 10.0 Å². The van der Waals surface area contributed by atoms with E-state index in [2.05, 4.69) is 9.71 Å². The molecule has 0 aliphatic rings. The zero-order valence-corrected chi connectivity index (χ0v) is 12.5. The molecule has 0 radical (unpaired) electrons. The number of nitrogens with zero attached hydrogens (tertiary/aromatic N) is 1. The van der Waals surface area contributed by atoms with Crippen LogP contribution in [-0.4, -0.2) is 13.4 Å². The molecule has 1 aromatic heterocycles. The summed E-state index contributed by atoms with van der Waals surface area (Å²) in [6, 6.07) is 6.94.